The Kier molecular flexibility index (Phi) is 5.57. The van der Waals surface area contributed by atoms with Crippen LogP contribution in [0, 0.1) is 0 Å². The van der Waals surface area contributed by atoms with Gasteiger partial charge in [0.15, 0.2) is 0 Å². The second-order valence-electron chi connectivity index (χ2n) is 4.44. The molecule has 5 heteroatoms. The van der Waals surface area contributed by atoms with Crippen LogP contribution in [0.5, 0.6) is 0 Å². The second-order valence-corrected chi connectivity index (χ2v) is 5.01. The highest BCUT2D eigenvalue weighted by molar-refractivity contribution is 9.09. The van der Waals surface area contributed by atoms with E-state index in [0.717, 1.165) is 38.5 Å². The first-order valence-electron chi connectivity index (χ1n) is 5.74. The van der Waals surface area contributed by atoms with Gasteiger partial charge in [-0.05, 0) is 12.8 Å². The second kappa shape index (κ2) is 6.24. The third-order valence-corrected chi connectivity index (χ3v) is 4.07. The number of rotatable bonds is 4. The van der Waals surface area contributed by atoms with Crippen molar-refractivity contribution in [3.8, 4) is 0 Å². The zero-order valence-corrected chi connectivity index (χ0v) is 10.9. The largest absolute Gasteiger partial charge is 0.391 e. The molecule has 0 saturated heterocycles. The summed E-state index contributed by atoms with van der Waals surface area (Å²) in [5.74, 6) is 0. The quantitative estimate of drug-likeness (QED) is 0.551. The molecule has 1 fully saturated rings. The fourth-order valence-corrected chi connectivity index (χ4v) is 2.80. The van der Waals surface area contributed by atoms with Crippen molar-refractivity contribution in [1.82, 2.24) is 0 Å². The molecule has 0 unspecified atom stereocenters. The van der Waals surface area contributed by atoms with Gasteiger partial charge in [-0.2, -0.15) is 13.2 Å². The summed E-state index contributed by atoms with van der Waals surface area (Å²) in [6.45, 7) is -0.213. The molecule has 0 radical (unpaired) electrons. The fraction of sp³-hybridized carbons (Fsp3) is 1.00. The Bertz CT molecular complexity index is 198. The highest BCUT2D eigenvalue weighted by atomic mass is 79.9. The molecule has 1 saturated carbocycles. The smallest absolute Gasteiger partial charge is 0.374 e. The van der Waals surface area contributed by atoms with E-state index in [-0.39, 0.29) is 12.2 Å². The van der Waals surface area contributed by atoms with E-state index in [2.05, 4.69) is 15.9 Å². The third kappa shape index (κ3) is 5.04. The molecule has 0 spiro atoms. The molecule has 1 aliphatic rings. The van der Waals surface area contributed by atoms with E-state index in [1.54, 1.807) is 0 Å². The Morgan fingerprint density at radius 1 is 1.06 bits per heavy atom. The van der Waals surface area contributed by atoms with Crippen molar-refractivity contribution in [2.75, 3.05) is 11.9 Å². The van der Waals surface area contributed by atoms with E-state index in [0.29, 0.717) is 5.33 Å². The minimum absolute atomic E-state index is 0.213. The molecule has 0 N–H and O–H groups in total. The Labute approximate surface area is 103 Å². The van der Waals surface area contributed by atoms with Gasteiger partial charge in [0.25, 0.3) is 0 Å². The first-order valence-corrected chi connectivity index (χ1v) is 6.86. The van der Waals surface area contributed by atoms with Crippen LogP contribution in [-0.2, 0) is 4.74 Å². The van der Waals surface area contributed by atoms with Gasteiger partial charge in [-0.15, -0.1) is 0 Å². The summed E-state index contributed by atoms with van der Waals surface area (Å²) in [7, 11) is 0. The number of hydrogen-bond acceptors (Lipinski definition) is 1. The maximum absolute atomic E-state index is 12.0. The predicted molar refractivity (Wildman–Crippen MR) is 60.9 cm³/mol. The average Bonchev–Trinajstić information content (AvgIpc) is 2.42. The maximum atomic E-state index is 12.0. The van der Waals surface area contributed by atoms with E-state index in [1.165, 1.54) is 0 Å². The Hall–Kier alpha value is 0.230. The molecule has 0 bridgehead atoms. The molecule has 0 aliphatic heterocycles. The van der Waals surface area contributed by atoms with Crippen molar-refractivity contribution in [2.24, 2.45) is 0 Å². The minimum atomic E-state index is -4.11. The topological polar surface area (TPSA) is 9.23 Å². The molecule has 0 amide bonds. The van der Waals surface area contributed by atoms with Gasteiger partial charge >= 0.3 is 6.18 Å². The van der Waals surface area contributed by atoms with Crippen molar-refractivity contribution in [1.29, 1.82) is 0 Å². The fourth-order valence-electron chi connectivity index (χ4n) is 2.07. The van der Waals surface area contributed by atoms with Crippen molar-refractivity contribution < 1.29 is 17.9 Å². The summed E-state index contributed by atoms with van der Waals surface area (Å²) in [6, 6.07) is 0. The van der Waals surface area contributed by atoms with Crippen LogP contribution in [0.25, 0.3) is 0 Å². The van der Waals surface area contributed by atoms with Crippen molar-refractivity contribution >= 4 is 15.9 Å². The molecule has 1 nitrogen and oxygen atoms in total. The maximum Gasteiger partial charge on any atom is 0.391 e. The zero-order valence-electron chi connectivity index (χ0n) is 9.28. The van der Waals surface area contributed by atoms with Crippen LogP contribution in [0.4, 0.5) is 13.2 Å². The Morgan fingerprint density at radius 3 is 2.06 bits per heavy atom. The number of halogens is 4. The standard InChI is InChI=1S/C11H18BrF3O/c12-9-10(5-3-1-2-4-6-10)16-8-7-11(13,14)15/h1-9H2. The van der Waals surface area contributed by atoms with E-state index >= 15 is 0 Å². The Balaban J connectivity index is 2.39. The summed E-state index contributed by atoms with van der Waals surface area (Å²) in [4.78, 5) is 0. The lowest BCUT2D eigenvalue weighted by atomic mass is 9.97. The molecule has 0 atom stereocenters. The van der Waals surface area contributed by atoms with E-state index in [9.17, 15) is 13.2 Å². The summed E-state index contributed by atoms with van der Waals surface area (Å²) < 4.78 is 41.6. The van der Waals surface area contributed by atoms with Gasteiger partial charge in [0, 0.05) is 5.33 Å². The lowest BCUT2D eigenvalue weighted by Gasteiger charge is -2.31. The third-order valence-electron chi connectivity index (χ3n) is 3.05. The van der Waals surface area contributed by atoms with E-state index in [4.69, 9.17) is 4.74 Å². The number of hydrogen-bond donors (Lipinski definition) is 0. The van der Waals surface area contributed by atoms with Gasteiger partial charge < -0.3 is 4.74 Å². The van der Waals surface area contributed by atoms with Crippen LogP contribution in [0.3, 0.4) is 0 Å². The zero-order chi connectivity index (χ0) is 12.1. The van der Waals surface area contributed by atoms with Gasteiger partial charge in [-0.25, -0.2) is 0 Å². The molecule has 16 heavy (non-hydrogen) atoms. The highest BCUT2D eigenvalue weighted by Gasteiger charge is 2.33. The van der Waals surface area contributed by atoms with Gasteiger partial charge in [0.1, 0.15) is 0 Å². The molecule has 0 heterocycles. The summed E-state index contributed by atoms with van der Waals surface area (Å²) >= 11 is 3.38. The predicted octanol–water partition coefficient (Wildman–Crippen LogP) is 4.44. The van der Waals surface area contributed by atoms with Crippen LogP contribution < -0.4 is 0 Å². The van der Waals surface area contributed by atoms with Gasteiger partial charge in [0.05, 0.1) is 18.6 Å². The minimum Gasteiger partial charge on any atom is -0.374 e. The van der Waals surface area contributed by atoms with Crippen molar-refractivity contribution in [2.45, 2.75) is 56.7 Å². The normalized spacial score (nSPS) is 21.8. The van der Waals surface area contributed by atoms with Crippen LogP contribution in [0.15, 0.2) is 0 Å². The van der Waals surface area contributed by atoms with E-state index < -0.39 is 12.6 Å². The monoisotopic (exact) mass is 302 g/mol. The van der Waals surface area contributed by atoms with Gasteiger partial charge in [0.2, 0.25) is 0 Å². The number of alkyl halides is 4. The summed E-state index contributed by atoms with van der Waals surface area (Å²) in [5, 5.41) is 0.637. The first kappa shape index (κ1) is 14.3. The first-order chi connectivity index (χ1) is 7.47. The summed E-state index contributed by atoms with van der Waals surface area (Å²) in [5.41, 5.74) is -0.359. The molecule has 96 valence electrons. The van der Waals surface area contributed by atoms with Crippen LogP contribution in [-0.4, -0.2) is 23.7 Å². The van der Waals surface area contributed by atoms with Crippen molar-refractivity contribution in [3.05, 3.63) is 0 Å². The molecule has 1 rings (SSSR count). The summed E-state index contributed by atoms with van der Waals surface area (Å²) in [6.07, 6.45) is 1.22. The Morgan fingerprint density at radius 2 is 1.62 bits per heavy atom. The molecular formula is C11H18BrF3O. The van der Waals surface area contributed by atoms with Gasteiger partial charge in [-0.1, -0.05) is 41.6 Å². The SMILES string of the molecule is FC(F)(F)CCOC1(CBr)CCCCCC1. The van der Waals surface area contributed by atoms with Gasteiger partial charge in [-0.3, -0.25) is 0 Å². The van der Waals surface area contributed by atoms with E-state index in [1.807, 2.05) is 0 Å². The molecular weight excluding hydrogens is 285 g/mol. The molecule has 1 aliphatic carbocycles. The lowest BCUT2D eigenvalue weighted by molar-refractivity contribution is -0.157. The van der Waals surface area contributed by atoms with Crippen LogP contribution in [0.2, 0.25) is 0 Å². The lowest BCUT2D eigenvalue weighted by Crippen LogP contribution is -2.35. The highest BCUT2D eigenvalue weighted by Crippen LogP contribution is 2.33. The average molecular weight is 303 g/mol. The molecule has 0 aromatic heterocycles. The number of ether oxygens (including phenoxy) is 1. The van der Waals surface area contributed by atoms with Crippen LogP contribution >= 0.6 is 15.9 Å². The molecule has 0 aromatic carbocycles. The van der Waals surface area contributed by atoms with Crippen molar-refractivity contribution in [3.63, 3.8) is 0 Å². The van der Waals surface area contributed by atoms with Crippen LogP contribution in [0.1, 0.15) is 44.9 Å². The molecule has 0 aromatic rings.